The molecule has 2 N–H and O–H groups in total. The largest absolute Gasteiger partial charge is 0.329 e. The molecule has 120 valence electrons. The lowest BCUT2D eigenvalue weighted by molar-refractivity contribution is -0.113. The summed E-state index contributed by atoms with van der Waals surface area (Å²) < 4.78 is 0. The van der Waals surface area contributed by atoms with Crippen LogP contribution in [0.3, 0.4) is 0 Å². The van der Waals surface area contributed by atoms with Crippen molar-refractivity contribution in [3.8, 4) is 0 Å². The molecule has 1 aromatic rings. The number of anilines is 1. The number of amides is 1. The van der Waals surface area contributed by atoms with E-state index < -0.39 is 0 Å². The number of allylic oxidation sites excluding steroid dienone is 1. The number of nitrogens with zero attached hydrogens (tertiary/aromatic N) is 1. The molecule has 1 amide bonds. The second-order valence-corrected chi connectivity index (χ2v) is 5.94. The Kier molecular flexibility index (Phi) is 6.66. The summed E-state index contributed by atoms with van der Waals surface area (Å²) in [5.41, 5.74) is 8.57. The Morgan fingerprint density at radius 2 is 1.82 bits per heavy atom. The van der Waals surface area contributed by atoms with Gasteiger partial charge in [0.2, 0.25) is 0 Å². The van der Waals surface area contributed by atoms with Crippen molar-refractivity contribution >= 4 is 17.2 Å². The molecule has 0 saturated carbocycles. The fourth-order valence-electron chi connectivity index (χ4n) is 3.03. The lowest BCUT2D eigenvalue weighted by Crippen LogP contribution is -2.31. The number of hydrogen-bond acceptors (Lipinski definition) is 2. The highest BCUT2D eigenvalue weighted by Crippen LogP contribution is 2.36. The van der Waals surface area contributed by atoms with Gasteiger partial charge in [0.15, 0.2) is 0 Å². The smallest absolute Gasteiger partial charge is 0.258 e. The predicted molar refractivity (Wildman–Crippen MR) is 93.8 cm³/mol. The molecule has 0 unspecified atom stereocenters. The van der Waals surface area contributed by atoms with E-state index >= 15 is 0 Å². The zero-order valence-electron chi connectivity index (χ0n) is 13.7. The number of rotatable bonds is 9. The number of nitrogens with two attached hydrogens (primary N) is 1. The Hall–Kier alpha value is -1.61. The molecule has 0 aliphatic carbocycles. The van der Waals surface area contributed by atoms with Crippen molar-refractivity contribution in [2.24, 2.45) is 5.73 Å². The zero-order chi connectivity index (χ0) is 15.8. The summed E-state index contributed by atoms with van der Waals surface area (Å²) in [6, 6.07) is 8.02. The number of carbonyl (C=O) groups excluding carboxylic acids is 1. The molecular formula is C19H28N2O. The first kappa shape index (κ1) is 16.8. The van der Waals surface area contributed by atoms with Crippen molar-refractivity contribution in [3.63, 3.8) is 0 Å². The van der Waals surface area contributed by atoms with Crippen LogP contribution in [0.2, 0.25) is 0 Å². The Labute approximate surface area is 134 Å². The molecule has 2 rings (SSSR count). The standard InChI is InChI=1S/C19H28N2O/c1-2-3-4-5-6-7-8-12-17-16-11-9-10-13-18(16)21(15-14-20)19(17)22/h9-13H,2-8,14-15,20H2,1H3/b17-12+. The Balaban J connectivity index is 1.95. The summed E-state index contributed by atoms with van der Waals surface area (Å²) in [6.45, 7) is 3.32. The minimum atomic E-state index is 0.109. The molecule has 0 bridgehead atoms. The summed E-state index contributed by atoms with van der Waals surface area (Å²) >= 11 is 0. The fraction of sp³-hybridized carbons (Fsp3) is 0.526. The van der Waals surface area contributed by atoms with Gasteiger partial charge in [-0.1, -0.05) is 63.3 Å². The Morgan fingerprint density at radius 3 is 2.59 bits per heavy atom. The Bertz CT molecular complexity index is 522. The first-order valence-corrected chi connectivity index (χ1v) is 8.61. The molecular weight excluding hydrogens is 272 g/mol. The van der Waals surface area contributed by atoms with Crippen molar-refractivity contribution in [3.05, 3.63) is 35.9 Å². The highest BCUT2D eigenvalue weighted by molar-refractivity contribution is 6.32. The molecule has 1 aromatic carbocycles. The zero-order valence-corrected chi connectivity index (χ0v) is 13.7. The molecule has 0 aromatic heterocycles. The molecule has 0 saturated heterocycles. The van der Waals surface area contributed by atoms with Gasteiger partial charge in [-0.3, -0.25) is 4.79 Å². The van der Waals surface area contributed by atoms with Gasteiger partial charge >= 0.3 is 0 Å². The minimum Gasteiger partial charge on any atom is -0.329 e. The third-order valence-electron chi connectivity index (χ3n) is 4.22. The van der Waals surface area contributed by atoms with E-state index in [0.717, 1.165) is 23.2 Å². The van der Waals surface area contributed by atoms with Gasteiger partial charge in [0.05, 0.1) is 5.69 Å². The quantitative estimate of drug-likeness (QED) is 0.550. The fourth-order valence-corrected chi connectivity index (χ4v) is 3.03. The molecule has 0 radical (unpaired) electrons. The third-order valence-corrected chi connectivity index (χ3v) is 4.22. The molecule has 0 fully saturated rings. The topological polar surface area (TPSA) is 46.3 Å². The van der Waals surface area contributed by atoms with E-state index in [2.05, 4.69) is 13.0 Å². The van der Waals surface area contributed by atoms with Crippen molar-refractivity contribution in [1.29, 1.82) is 0 Å². The first-order chi connectivity index (χ1) is 10.8. The van der Waals surface area contributed by atoms with Crippen molar-refractivity contribution in [2.75, 3.05) is 18.0 Å². The Morgan fingerprint density at radius 1 is 1.09 bits per heavy atom. The second kappa shape index (κ2) is 8.74. The average molecular weight is 300 g/mol. The van der Waals surface area contributed by atoms with Crippen LogP contribution in [0.1, 0.15) is 57.4 Å². The number of para-hydroxylation sites is 1. The molecule has 0 spiro atoms. The number of benzene rings is 1. The maximum absolute atomic E-state index is 12.6. The summed E-state index contributed by atoms with van der Waals surface area (Å²) in [4.78, 5) is 14.4. The molecule has 3 nitrogen and oxygen atoms in total. The van der Waals surface area contributed by atoms with Crippen LogP contribution in [-0.4, -0.2) is 19.0 Å². The molecule has 1 aliphatic rings. The van der Waals surface area contributed by atoms with Gasteiger partial charge in [0.1, 0.15) is 0 Å². The van der Waals surface area contributed by atoms with Crippen molar-refractivity contribution in [1.82, 2.24) is 0 Å². The lowest BCUT2D eigenvalue weighted by atomic mass is 10.0. The van der Waals surface area contributed by atoms with Gasteiger partial charge in [-0.15, -0.1) is 0 Å². The lowest BCUT2D eigenvalue weighted by Gasteiger charge is -2.15. The van der Waals surface area contributed by atoms with E-state index in [-0.39, 0.29) is 5.91 Å². The number of carbonyl (C=O) groups is 1. The summed E-state index contributed by atoms with van der Waals surface area (Å²) in [5, 5.41) is 0. The first-order valence-electron chi connectivity index (χ1n) is 8.61. The summed E-state index contributed by atoms with van der Waals surface area (Å²) in [5.74, 6) is 0.109. The highest BCUT2D eigenvalue weighted by atomic mass is 16.2. The van der Waals surface area contributed by atoms with Gasteiger partial charge in [0, 0.05) is 24.2 Å². The van der Waals surface area contributed by atoms with Crippen LogP contribution in [-0.2, 0) is 4.79 Å². The van der Waals surface area contributed by atoms with Gasteiger partial charge in [0.25, 0.3) is 5.91 Å². The van der Waals surface area contributed by atoms with E-state index in [4.69, 9.17) is 5.73 Å². The van der Waals surface area contributed by atoms with E-state index in [0.29, 0.717) is 13.1 Å². The minimum absolute atomic E-state index is 0.109. The van der Waals surface area contributed by atoms with E-state index in [1.807, 2.05) is 29.2 Å². The molecule has 22 heavy (non-hydrogen) atoms. The maximum atomic E-state index is 12.6. The molecule has 1 aliphatic heterocycles. The van der Waals surface area contributed by atoms with Crippen LogP contribution in [0, 0.1) is 0 Å². The van der Waals surface area contributed by atoms with Crippen LogP contribution >= 0.6 is 0 Å². The van der Waals surface area contributed by atoms with Crippen LogP contribution < -0.4 is 10.6 Å². The number of hydrogen-bond donors (Lipinski definition) is 1. The predicted octanol–water partition coefficient (Wildman–Crippen LogP) is 4.13. The molecule has 1 heterocycles. The van der Waals surface area contributed by atoms with E-state index in [9.17, 15) is 4.79 Å². The van der Waals surface area contributed by atoms with Crippen molar-refractivity contribution in [2.45, 2.75) is 51.9 Å². The molecule has 3 heteroatoms. The number of fused-ring (bicyclic) bond motifs is 1. The van der Waals surface area contributed by atoms with Crippen LogP contribution in [0.25, 0.3) is 5.57 Å². The highest BCUT2D eigenvalue weighted by Gasteiger charge is 2.30. The average Bonchev–Trinajstić information content (AvgIpc) is 2.80. The van der Waals surface area contributed by atoms with E-state index in [1.165, 1.54) is 38.5 Å². The van der Waals surface area contributed by atoms with Crippen LogP contribution in [0.5, 0.6) is 0 Å². The second-order valence-electron chi connectivity index (χ2n) is 5.94. The monoisotopic (exact) mass is 300 g/mol. The van der Waals surface area contributed by atoms with Crippen LogP contribution in [0.4, 0.5) is 5.69 Å². The normalized spacial score (nSPS) is 15.6. The summed E-state index contributed by atoms with van der Waals surface area (Å²) in [6.07, 6.45) is 10.8. The van der Waals surface area contributed by atoms with Gasteiger partial charge in [-0.2, -0.15) is 0 Å². The maximum Gasteiger partial charge on any atom is 0.258 e. The van der Waals surface area contributed by atoms with E-state index in [1.54, 1.807) is 0 Å². The number of unbranched alkanes of at least 4 members (excludes halogenated alkanes) is 6. The van der Waals surface area contributed by atoms with Gasteiger partial charge in [-0.05, 0) is 18.9 Å². The van der Waals surface area contributed by atoms with Gasteiger partial charge < -0.3 is 10.6 Å². The van der Waals surface area contributed by atoms with Crippen molar-refractivity contribution < 1.29 is 4.79 Å². The summed E-state index contributed by atoms with van der Waals surface area (Å²) in [7, 11) is 0. The third kappa shape index (κ3) is 3.98. The molecule has 0 atom stereocenters. The van der Waals surface area contributed by atoms with Gasteiger partial charge in [-0.25, -0.2) is 0 Å². The SMILES string of the molecule is CCCCCCCC/C=C1/C(=O)N(CCN)c2ccccc21. The van der Waals surface area contributed by atoms with Crippen LogP contribution in [0.15, 0.2) is 30.3 Å².